The van der Waals surface area contributed by atoms with Gasteiger partial charge >= 0.3 is 0 Å². The smallest absolute Gasteiger partial charge is 0.153 e. The molecule has 0 bridgehead atoms. The Morgan fingerprint density at radius 2 is 1.86 bits per heavy atom. The largest absolute Gasteiger partial charge is 0.496 e. The van der Waals surface area contributed by atoms with Gasteiger partial charge in [-0.3, -0.25) is 9.48 Å². The molecule has 1 heterocycles. The molecule has 0 fully saturated rings. The van der Waals surface area contributed by atoms with E-state index in [1.165, 1.54) is 0 Å². The van der Waals surface area contributed by atoms with Gasteiger partial charge in [0, 0.05) is 11.8 Å². The van der Waals surface area contributed by atoms with E-state index in [1.54, 1.807) is 13.3 Å². The van der Waals surface area contributed by atoms with Gasteiger partial charge in [0.1, 0.15) is 11.4 Å². The van der Waals surface area contributed by atoms with Crippen LogP contribution in [-0.4, -0.2) is 23.2 Å². The van der Waals surface area contributed by atoms with Gasteiger partial charge in [-0.2, -0.15) is 5.10 Å². The van der Waals surface area contributed by atoms with Crippen LogP contribution in [0.5, 0.6) is 5.75 Å². The first-order valence-corrected chi connectivity index (χ1v) is 6.99. The average Bonchev–Trinajstić information content (AvgIpc) is 2.84. The summed E-state index contributed by atoms with van der Waals surface area (Å²) in [5, 5.41) is 4.62. The zero-order chi connectivity index (χ0) is 15.8. The molecule has 4 heteroatoms. The van der Waals surface area contributed by atoms with Crippen molar-refractivity contribution in [2.75, 3.05) is 7.11 Å². The maximum Gasteiger partial charge on any atom is 0.153 e. The van der Waals surface area contributed by atoms with Crippen LogP contribution in [0.1, 0.15) is 42.3 Å². The van der Waals surface area contributed by atoms with Crippen molar-refractivity contribution in [3.05, 3.63) is 35.0 Å². The standard InChI is InChI=1S/C17H22N2O2/c1-11-8-15(21-6)12(2)7-14(11)16-13(10-20)9-19(18-16)17(3,4)5/h7-10H,1-6H3. The molecule has 0 N–H and O–H groups in total. The van der Waals surface area contributed by atoms with Gasteiger partial charge in [0.25, 0.3) is 0 Å². The molecule has 21 heavy (non-hydrogen) atoms. The minimum absolute atomic E-state index is 0.161. The molecular weight excluding hydrogens is 264 g/mol. The van der Waals surface area contributed by atoms with Crippen molar-refractivity contribution in [3.63, 3.8) is 0 Å². The third kappa shape index (κ3) is 2.84. The molecule has 1 aromatic heterocycles. The van der Waals surface area contributed by atoms with E-state index in [1.807, 2.05) is 30.7 Å². The number of rotatable bonds is 3. The number of aryl methyl sites for hydroxylation is 2. The van der Waals surface area contributed by atoms with E-state index in [2.05, 4.69) is 25.9 Å². The lowest BCUT2D eigenvalue weighted by molar-refractivity contribution is 0.112. The number of hydrogen-bond donors (Lipinski definition) is 0. The van der Waals surface area contributed by atoms with Crippen LogP contribution in [0.25, 0.3) is 11.3 Å². The van der Waals surface area contributed by atoms with Crippen LogP contribution in [0, 0.1) is 13.8 Å². The topological polar surface area (TPSA) is 44.1 Å². The molecule has 1 aromatic carbocycles. The van der Waals surface area contributed by atoms with Crippen LogP contribution in [0.2, 0.25) is 0 Å². The zero-order valence-electron chi connectivity index (χ0n) is 13.5. The lowest BCUT2D eigenvalue weighted by Gasteiger charge is -2.19. The van der Waals surface area contributed by atoms with Gasteiger partial charge in [-0.1, -0.05) is 0 Å². The number of carbonyl (C=O) groups excluding carboxylic acids is 1. The van der Waals surface area contributed by atoms with Crippen LogP contribution in [0.4, 0.5) is 0 Å². The van der Waals surface area contributed by atoms with Crippen LogP contribution in [-0.2, 0) is 5.54 Å². The molecule has 0 aliphatic carbocycles. The van der Waals surface area contributed by atoms with Crippen molar-refractivity contribution in [1.29, 1.82) is 0 Å². The molecule has 0 aliphatic rings. The molecule has 0 aliphatic heterocycles. The highest BCUT2D eigenvalue weighted by Crippen LogP contribution is 2.31. The Labute approximate surface area is 125 Å². The Bertz CT molecular complexity index is 679. The van der Waals surface area contributed by atoms with E-state index in [-0.39, 0.29) is 5.54 Å². The minimum atomic E-state index is -0.161. The SMILES string of the molecule is COc1cc(C)c(-c2nn(C(C)(C)C)cc2C=O)cc1C. The van der Waals surface area contributed by atoms with Crippen molar-refractivity contribution in [2.24, 2.45) is 0 Å². The maximum absolute atomic E-state index is 11.4. The summed E-state index contributed by atoms with van der Waals surface area (Å²) in [5.74, 6) is 0.846. The summed E-state index contributed by atoms with van der Waals surface area (Å²) >= 11 is 0. The molecule has 2 aromatic rings. The van der Waals surface area contributed by atoms with Gasteiger partial charge in [-0.25, -0.2) is 0 Å². The molecule has 0 atom stereocenters. The van der Waals surface area contributed by atoms with E-state index < -0.39 is 0 Å². The van der Waals surface area contributed by atoms with E-state index in [0.717, 1.165) is 34.4 Å². The van der Waals surface area contributed by atoms with E-state index in [4.69, 9.17) is 4.74 Å². The van der Waals surface area contributed by atoms with Gasteiger partial charge in [-0.15, -0.1) is 0 Å². The number of aldehydes is 1. The first kappa shape index (κ1) is 15.3. The molecule has 0 unspecified atom stereocenters. The van der Waals surface area contributed by atoms with Crippen LogP contribution >= 0.6 is 0 Å². The first-order valence-electron chi connectivity index (χ1n) is 6.99. The summed E-state index contributed by atoms with van der Waals surface area (Å²) in [6, 6.07) is 4.01. The number of nitrogens with zero attached hydrogens (tertiary/aromatic N) is 2. The minimum Gasteiger partial charge on any atom is -0.496 e. The summed E-state index contributed by atoms with van der Waals surface area (Å²) in [6.07, 6.45) is 2.67. The first-order chi connectivity index (χ1) is 9.77. The lowest BCUT2D eigenvalue weighted by Crippen LogP contribution is -2.22. The lowest BCUT2D eigenvalue weighted by atomic mass is 10.00. The summed E-state index contributed by atoms with van der Waals surface area (Å²) < 4.78 is 7.18. The Morgan fingerprint density at radius 1 is 1.19 bits per heavy atom. The second-order valence-corrected chi connectivity index (χ2v) is 6.30. The Kier molecular flexibility index (Phi) is 3.90. The van der Waals surface area contributed by atoms with Gasteiger partial charge in [0.05, 0.1) is 18.2 Å². The maximum atomic E-state index is 11.4. The van der Waals surface area contributed by atoms with Crippen molar-refractivity contribution in [2.45, 2.75) is 40.2 Å². The number of aromatic nitrogens is 2. The molecule has 2 rings (SSSR count). The predicted molar refractivity (Wildman–Crippen MR) is 84.1 cm³/mol. The summed E-state index contributed by atoms with van der Waals surface area (Å²) in [4.78, 5) is 11.4. The molecular formula is C17H22N2O2. The second-order valence-electron chi connectivity index (χ2n) is 6.30. The molecule has 0 saturated heterocycles. The van der Waals surface area contributed by atoms with Crippen molar-refractivity contribution < 1.29 is 9.53 Å². The Hall–Kier alpha value is -2.10. The highest BCUT2D eigenvalue weighted by atomic mass is 16.5. The Morgan fingerprint density at radius 3 is 2.38 bits per heavy atom. The van der Waals surface area contributed by atoms with E-state index in [9.17, 15) is 4.79 Å². The van der Waals surface area contributed by atoms with E-state index >= 15 is 0 Å². The molecule has 0 spiro atoms. The zero-order valence-corrected chi connectivity index (χ0v) is 13.5. The summed E-state index contributed by atoms with van der Waals surface area (Å²) in [6.45, 7) is 10.2. The fourth-order valence-electron chi connectivity index (χ4n) is 2.29. The van der Waals surface area contributed by atoms with E-state index in [0.29, 0.717) is 5.56 Å². The predicted octanol–water partition coefficient (Wildman–Crippen LogP) is 3.74. The quantitative estimate of drug-likeness (QED) is 0.807. The third-order valence-electron chi connectivity index (χ3n) is 3.55. The van der Waals surface area contributed by atoms with Gasteiger partial charge in [-0.05, 0) is 57.9 Å². The molecule has 4 nitrogen and oxygen atoms in total. The summed E-state index contributed by atoms with van der Waals surface area (Å²) in [5.41, 5.74) is 4.21. The number of hydrogen-bond acceptors (Lipinski definition) is 3. The van der Waals surface area contributed by atoms with Gasteiger partial charge in [0.2, 0.25) is 0 Å². The molecule has 0 radical (unpaired) electrons. The highest BCUT2D eigenvalue weighted by Gasteiger charge is 2.20. The van der Waals surface area contributed by atoms with Crippen LogP contribution in [0.3, 0.4) is 0 Å². The monoisotopic (exact) mass is 286 g/mol. The average molecular weight is 286 g/mol. The van der Waals surface area contributed by atoms with Crippen molar-refractivity contribution in [3.8, 4) is 17.0 Å². The number of carbonyl (C=O) groups is 1. The van der Waals surface area contributed by atoms with Gasteiger partial charge in [0.15, 0.2) is 6.29 Å². The molecule has 0 saturated carbocycles. The molecule has 0 amide bonds. The van der Waals surface area contributed by atoms with Crippen molar-refractivity contribution >= 4 is 6.29 Å². The normalized spacial score (nSPS) is 11.5. The number of methoxy groups -OCH3 is 1. The van der Waals surface area contributed by atoms with Crippen LogP contribution < -0.4 is 4.74 Å². The molecule has 112 valence electrons. The summed E-state index contributed by atoms with van der Waals surface area (Å²) in [7, 11) is 1.66. The number of benzene rings is 1. The van der Waals surface area contributed by atoms with Crippen LogP contribution in [0.15, 0.2) is 18.3 Å². The number of ether oxygens (including phenoxy) is 1. The highest BCUT2D eigenvalue weighted by molar-refractivity contribution is 5.86. The fraction of sp³-hybridized carbons (Fsp3) is 0.412. The second kappa shape index (κ2) is 5.35. The van der Waals surface area contributed by atoms with Gasteiger partial charge < -0.3 is 4.74 Å². The fourth-order valence-corrected chi connectivity index (χ4v) is 2.29. The Balaban J connectivity index is 2.64. The van der Waals surface area contributed by atoms with Crippen molar-refractivity contribution in [1.82, 2.24) is 9.78 Å². The third-order valence-corrected chi connectivity index (χ3v) is 3.55.